The van der Waals surface area contributed by atoms with Crippen LogP contribution in [0.25, 0.3) is 28.1 Å². The summed E-state index contributed by atoms with van der Waals surface area (Å²) in [5.41, 5.74) is 2.69. The maximum atomic E-state index is 12.3. The predicted molar refractivity (Wildman–Crippen MR) is 122 cm³/mol. The van der Waals surface area contributed by atoms with Crippen molar-refractivity contribution in [2.75, 3.05) is 19.5 Å². The number of amides is 1. The maximum absolute atomic E-state index is 12.3. The maximum Gasteiger partial charge on any atom is 0.250 e. The largest absolute Gasteiger partial charge is 0.493 e. The van der Waals surface area contributed by atoms with E-state index in [4.69, 9.17) is 9.47 Å². The Bertz CT molecular complexity index is 1230. The van der Waals surface area contributed by atoms with Gasteiger partial charge in [-0.15, -0.1) is 11.3 Å². The van der Waals surface area contributed by atoms with Crippen LogP contribution in [0.4, 0.5) is 5.13 Å². The Hall–Kier alpha value is -3.64. The molecule has 1 amide bonds. The van der Waals surface area contributed by atoms with Gasteiger partial charge in [0.1, 0.15) is 0 Å². The molecule has 1 aromatic heterocycles. The number of nitrogens with zero attached hydrogens (tertiary/aromatic N) is 1. The van der Waals surface area contributed by atoms with Crippen molar-refractivity contribution in [3.8, 4) is 22.8 Å². The van der Waals surface area contributed by atoms with Gasteiger partial charge in [-0.05, 0) is 40.6 Å². The number of anilines is 1. The van der Waals surface area contributed by atoms with Gasteiger partial charge in [0.25, 0.3) is 0 Å². The number of ether oxygens (including phenoxy) is 2. The lowest BCUT2D eigenvalue weighted by Gasteiger charge is -2.07. The lowest BCUT2D eigenvalue weighted by molar-refractivity contribution is -0.111. The first kappa shape index (κ1) is 19.7. The highest BCUT2D eigenvalue weighted by molar-refractivity contribution is 7.14. The molecule has 0 unspecified atom stereocenters. The summed E-state index contributed by atoms with van der Waals surface area (Å²) in [7, 11) is 3.16. The minimum Gasteiger partial charge on any atom is -0.493 e. The third-order valence-electron chi connectivity index (χ3n) is 4.61. The van der Waals surface area contributed by atoms with Crippen molar-refractivity contribution in [1.29, 1.82) is 0 Å². The van der Waals surface area contributed by atoms with Gasteiger partial charge in [-0.2, -0.15) is 0 Å². The van der Waals surface area contributed by atoms with Gasteiger partial charge >= 0.3 is 0 Å². The number of thiazole rings is 1. The monoisotopic (exact) mass is 416 g/mol. The highest BCUT2D eigenvalue weighted by Gasteiger charge is 2.08. The standard InChI is InChI=1S/C24H20N2O3S/c1-28-21-11-7-16(13-22(21)29-2)8-12-23(27)26-24-25-20(15-30-24)19-10-9-17-5-3-4-6-18(17)14-19/h3-15H,1-2H3,(H,25,26,27)/b12-8+. The highest BCUT2D eigenvalue weighted by Crippen LogP contribution is 2.29. The van der Waals surface area contributed by atoms with Crippen LogP contribution in [0.1, 0.15) is 5.56 Å². The van der Waals surface area contributed by atoms with Gasteiger partial charge in [0.05, 0.1) is 19.9 Å². The van der Waals surface area contributed by atoms with Gasteiger partial charge in [-0.1, -0.05) is 42.5 Å². The van der Waals surface area contributed by atoms with Crippen LogP contribution in [0.3, 0.4) is 0 Å². The molecule has 4 rings (SSSR count). The molecule has 150 valence electrons. The highest BCUT2D eigenvalue weighted by atomic mass is 32.1. The second kappa shape index (κ2) is 8.80. The predicted octanol–water partition coefficient (Wildman–Crippen LogP) is 5.63. The molecule has 0 fully saturated rings. The fraction of sp³-hybridized carbons (Fsp3) is 0.0833. The molecule has 5 nitrogen and oxygen atoms in total. The van der Waals surface area contributed by atoms with Crippen LogP contribution in [0.5, 0.6) is 11.5 Å². The van der Waals surface area contributed by atoms with Crippen LogP contribution < -0.4 is 14.8 Å². The molecular weight excluding hydrogens is 396 g/mol. The quantitative estimate of drug-likeness (QED) is 0.414. The number of hydrogen-bond donors (Lipinski definition) is 1. The minimum atomic E-state index is -0.246. The number of methoxy groups -OCH3 is 2. The van der Waals surface area contributed by atoms with E-state index in [1.165, 1.54) is 22.8 Å². The summed E-state index contributed by atoms with van der Waals surface area (Å²) in [4.78, 5) is 16.8. The SMILES string of the molecule is COc1ccc(/C=C/C(=O)Nc2nc(-c3ccc4ccccc4c3)cs2)cc1OC. The van der Waals surface area contributed by atoms with Crippen molar-refractivity contribution in [3.63, 3.8) is 0 Å². The molecule has 1 heterocycles. The van der Waals surface area contributed by atoms with E-state index in [0.717, 1.165) is 22.2 Å². The molecule has 30 heavy (non-hydrogen) atoms. The van der Waals surface area contributed by atoms with Crippen LogP contribution in [-0.4, -0.2) is 25.1 Å². The van der Waals surface area contributed by atoms with Crippen molar-refractivity contribution >= 4 is 39.2 Å². The summed E-state index contributed by atoms with van der Waals surface area (Å²) in [5.74, 6) is 1.01. The van der Waals surface area contributed by atoms with Crippen LogP contribution >= 0.6 is 11.3 Å². The molecular formula is C24H20N2O3S. The van der Waals surface area contributed by atoms with Crippen molar-refractivity contribution in [3.05, 3.63) is 77.7 Å². The lowest BCUT2D eigenvalue weighted by atomic mass is 10.1. The summed E-state index contributed by atoms with van der Waals surface area (Å²) in [6.07, 6.45) is 3.19. The molecule has 1 N–H and O–H groups in total. The number of hydrogen-bond acceptors (Lipinski definition) is 5. The Morgan fingerprint density at radius 2 is 1.77 bits per heavy atom. The molecule has 0 saturated carbocycles. The van der Waals surface area contributed by atoms with Gasteiger partial charge < -0.3 is 9.47 Å². The van der Waals surface area contributed by atoms with E-state index in [0.29, 0.717) is 16.6 Å². The lowest BCUT2D eigenvalue weighted by Crippen LogP contribution is -2.07. The normalized spacial score (nSPS) is 11.0. The molecule has 0 aliphatic carbocycles. The van der Waals surface area contributed by atoms with E-state index in [2.05, 4.69) is 34.6 Å². The van der Waals surface area contributed by atoms with Crippen molar-refractivity contribution in [1.82, 2.24) is 4.98 Å². The Kier molecular flexibility index (Phi) is 5.77. The number of benzene rings is 3. The van der Waals surface area contributed by atoms with Gasteiger partial charge in [0.15, 0.2) is 16.6 Å². The second-order valence-electron chi connectivity index (χ2n) is 6.54. The average Bonchev–Trinajstić information content (AvgIpc) is 3.25. The van der Waals surface area contributed by atoms with Crippen molar-refractivity contribution in [2.24, 2.45) is 0 Å². The number of fused-ring (bicyclic) bond motifs is 1. The fourth-order valence-electron chi connectivity index (χ4n) is 3.09. The van der Waals surface area contributed by atoms with Gasteiger partial charge in [0.2, 0.25) is 5.91 Å². The van der Waals surface area contributed by atoms with E-state index in [-0.39, 0.29) is 5.91 Å². The van der Waals surface area contributed by atoms with E-state index in [1.54, 1.807) is 26.4 Å². The number of nitrogens with one attached hydrogen (secondary N) is 1. The summed E-state index contributed by atoms with van der Waals surface area (Å²) < 4.78 is 10.5. The third-order valence-corrected chi connectivity index (χ3v) is 5.37. The van der Waals surface area contributed by atoms with E-state index in [9.17, 15) is 4.79 Å². The summed E-state index contributed by atoms with van der Waals surface area (Å²) in [6.45, 7) is 0. The summed E-state index contributed by atoms with van der Waals surface area (Å²) in [6, 6.07) is 19.9. The van der Waals surface area contributed by atoms with Gasteiger partial charge in [0, 0.05) is 17.0 Å². The minimum absolute atomic E-state index is 0.246. The molecule has 0 atom stereocenters. The first-order chi connectivity index (χ1) is 14.7. The molecule has 4 aromatic rings. The number of rotatable bonds is 6. The smallest absolute Gasteiger partial charge is 0.250 e. The molecule has 6 heteroatoms. The number of aromatic nitrogens is 1. The zero-order valence-corrected chi connectivity index (χ0v) is 17.4. The van der Waals surface area contributed by atoms with Crippen molar-refractivity contribution in [2.45, 2.75) is 0 Å². The molecule has 0 aliphatic rings. The summed E-state index contributed by atoms with van der Waals surface area (Å²) >= 11 is 1.40. The first-order valence-electron chi connectivity index (χ1n) is 9.32. The Labute approximate surface area is 178 Å². The molecule has 0 bridgehead atoms. The molecule has 0 saturated heterocycles. The van der Waals surface area contributed by atoms with E-state index >= 15 is 0 Å². The van der Waals surface area contributed by atoms with Crippen LogP contribution in [-0.2, 0) is 4.79 Å². The van der Waals surface area contributed by atoms with Gasteiger partial charge in [-0.3, -0.25) is 10.1 Å². The van der Waals surface area contributed by atoms with Crippen LogP contribution in [0.15, 0.2) is 72.1 Å². The number of carbonyl (C=O) groups excluding carboxylic acids is 1. The van der Waals surface area contributed by atoms with E-state index in [1.807, 2.05) is 35.7 Å². The van der Waals surface area contributed by atoms with Crippen LogP contribution in [0.2, 0.25) is 0 Å². The zero-order chi connectivity index (χ0) is 20.9. The molecule has 0 radical (unpaired) electrons. The Balaban J connectivity index is 1.45. The number of carbonyl (C=O) groups is 1. The Morgan fingerprint density at radius 3 is 2.57 bits per heavy atom. The third kappa shape index (κ3) is 4.34. The average molecular weight is 417 g/mol. The molecule has 0 spiro atoms. The van der Waals surface area contributed by atoms with Crippen LogP contribution in [0, 0.1) is 0 Å². The first-order valence-corrected chi connectivity index (χ1v) is 10.2. The fourth-order valence-corrected chi connectivity index (χ4v) is 3.81. The Morgan fingerprint density at radius 1 is 0.967 bits per heavy atom. The van der Waals surface area contributed by atoms with Gasteiger partial charge in [-0.25, -0.2) is 4.98 Å². The van der Waals surface area contributed by atoms with Crippen molar-refractivity contribution < 1.29 is 14.3 Å². The zero-order valence-electron chi connectivity index (χ0n) is 16.6. The molecule has 0 aliphatic heterocycles. The second-order valence-corrected chi connectivity index (χ2v) is 7.39. The summed E-state index contributed by atoms with van der Waals surface area (Å²) in [5, 5.41) is 7.66. The van der Waals surface area contributed by atoms with E-state index < -0.39 is 0 Å². The topological polar surface area (TPSA) is 60.5 Å². The molecule has 3 aromatic carbocycles.